The van der Waals surface area contributed by atoms with Gasteiger partial charge >= 0.3 is 13.2 Å². The average molecular weight is 667 g/mol. The summed E-state index contributed by atoms with van der Waals surface area (Å²) in [7, 11) is -5.09. The van der Waals surface area contributed by atoms with Crippen LogP contribution in [0.1, 0.15) is 36.0 Å². The van der Waals surface area contributed by atoms with Gasteiger partial charge in [0.25, 0.3) is 0 Å². The van der Waals surface area contributed by atoms with Gasteiger partial charge in [-0.15, -0.1) is 0 Å². The molecule has 0 aromatic heterocycles. The molecule has 0 unspecified atom stereocenters. The minimum atomic E-state index is -3.58. The second-order valence-corrected chi connectivity index (χ2v) is 20.7. The number of hydrogen-bond acceptors (Lipinski definition) is 8. The number of ether oxygens (including phenoxy) is 2. The molecule has 0 bridgehead atoms. The van der Waals surface area contributed by atoms with E-state index in [9.17, 15) is 28.1 Å². The Bertz CT molecular complexity index is 1630. The van der Waals surface area contributed by atoms with Crippen LogP contribution in [0.5, 0.6) is 5.75 Å². The molecule has 13 heteroatoms. The van der Waals surface area contributed by atoms with Crippen molar-refractivity contribution in [3.63, 3.8) is 0 Å². The Morgan fingerprint density at radius 2 is 1.72 bits per heavy atom. The van der Waals surface area contributed by atoms with Crippen molar-refractivity contribution >= 4 is 48.2 Å². The minimum Gasteiger partial charge on any atom is -0.489 e. The van der Waals surface area contributed by atoms with Gasteiger partial charge < -0.3 is 29.7 Å². The highest BCUT2D eigenvalue weighted by Crippen LogP contribution is 2.36. The van der Waals surface area contributed by atoms with E-state index in [0.717, 1.165) is 11.6 Å². The molecule has 0 saturated heterocycles. The van der Waals surface area contributed by atoms with E-state index in [1.54, 1.807) is 37.4 Å². The third kappa shape index (κ3) is 10.2. The van der Waals surface area contributed by atoms with E-state index < -0.39 is 36.4 Å². The first kappa shape index (κ1) is 35.2. The van der Waals surface area contributed by atoms with Gasteiger partial charge in [-0.3, -0.25) is 4.79 Å². The van der Waals surface area contributed by atoms with Crippen LogP contribution in [-0.2, 0) is 38.9 Å². The standard InChI is InChI=1S/C33H43BN2O8SSi/c1-36(33(38)43-18-19-46(2,3)4)22-26-21-28(12-16-31(26)45(41,42)29-13-14-29)35-32(37)17-10-25-20-27(34(39)40)11-15-30(25)44-23-24-8-6-5-7-9-24/h5-9,11-12,15-16,20-21,29,39-40H,10,13-14,17-19,22-23H2,1-4H3,(H,35,37). The van der Waals surface area contributed by atoms with Gasteiger partial charge in [0.05, 0.1) is 23.3 Å². The molecule has 0 atom stereocenters. The van der Waals surface area contributed by atoms with Crippen LogP contribution in [0.15, 0.2) is 71.6 Å². The van der Waals surface area contributed by atoms with E-state index in [-0.39, 0.29) is 35.7 Å². The van der Waals surface area contributed by atoms with Gasteiger partial charge in [-0.2, -0.15) is 0 Å². The Hall–Kier alpha value is -3.65. The van der Waals surface area contributed by atoms with Crippen LogP contribution < -0.4 is 15.5 Å². The summed E-state index contributed by atoms with van der Waals surface area (Å²) in [6, 6.07) is 19.9. The Morgan fingerprint density at radius 3 is 2.37 bits per heavy atom. The zero-order chi connectivity index (χ0) is 33.5. The van der Waals surface area contributed by atoms with Crippen molar-refractivity contribution in [2.45, 2.75) is 74.7 Å². The highest BCUT2D eigenvalue weighted by atomic mass is 32.2. The number of aryl methyl sites for hydroxylation is 1. The summed E-state index contributed by atoms with van der Waals surface area (Å²) in [5, 5.41) is 21.8. The zero-order valence-corrected chi connectivity index (χ0v) is 28.7. The van der Waals surface area contributed by atoms with Gasteiger partial charge in [-0.05, 0) is 71.7 Å². The molecule has 1 saturated carbocycles. The SMILES string of the molecule is CN(Cc1cc(NC(=O)CCc2cc(B(O)O)ccc2OCc2ccccc2)ccc1S(=O)(=O)C1CC1)C(=O)OCC[Si](C)(C)C. The van der Waals surface area contributed by atoms with Gasteiger partial charge in [0.2, 0.25) is 5.91 Å². The molecule has 1 fully saturated rings. The number of benzene rings is 3. The van der Waals surface area contributed by atoms with Crippen molar-refractivity contribution in [3.05, 3.63) is 83.4 Å². The number of amides is 2. The number of anilines is 1. The summed E-state index contributed by atoms with van der Waals surface area (Å²) in [5.74, 6) is 0.199. The summed E-state index contributed by atoms with van der Waals surface area (Å²) in [6.45, 7) is 7.18. The number of rotatable bonds is 15. The van der Waals surface area contributed by atoms with Gasteiger partial charge in [-0.1, -0.05) is 62.1 Å². The average Bonchev–Trinajstić information content (AvgIpc) is 3.86. The van der Waals surface area contributed by atoms with E-state index in [1.165, 1.54) is 11.0 Å². The molecule has 1 aliphatic carbocycles. The van der Waals surface area contributed by atoms with Crippen molar-refractivity contribution < 1.29 is 37.5 Å². The van der Waals surface area contributed by atoms with Crippen LogP contribution in [0, 0.1) is 0 Å². The molecule has 3 N–H and O–H groups in total. The fourth-order valence-corrected chi connectivity index (χ4v) is 7.37. The molecule has 3 aromatic rings. The number of nitrogens with one attached hydrogen (secondary N) is 1. The molecule has 3 aromatic carbocycles. The highest BCUT2D eigenvalue weighted by molar-refractivity contribution is 7.92. The Morgan fingerprint density at radius 1 is 1.00 bits per heavy atom. The molecule has 246 valence electrons. The van der Waals surface area contributed by atoms with Crippen molar-refractivity contribution in [3.8, 4) is 5.75 Å². The summed E-state index contributed by atoms with van der Waals surface area (Å²) < 4.78 is 37.9. The Kier molecular flexibility index (Phi) is 11.7. The fourth-order valence-electron chi connectivity index (χ4n) is 4.79. The van der Waals surface area contributed by atoms with Gasteiger partial charge in [0.15, 0.2) is 9.84 Å². The molecule has 0 spiro atoms. The van der Waals surface area contributed by atoms with E-state index in [4.69, 9.17) is 9.47 Å². The lowest BCUT2D eigenvalue weighted by molar-refractivity contribution is -0.116. The van der Waals surface area contributed by atoms with E-state index >= 15 is 0 Å². The zero-order valence-electron chi connectivity index (χ0n) is 26.9. The van der Waals surface area contributed by atoms with Crippen LogP contribution in [0.3, 0.4) is 0 Å². The van der Waals surface area contributed by atoms with E-state index in [2.05, 4.69) is 25.0 Å². The second kappa shape index (κ2) is 15.3. The van der Waals surface area contributed by atoms with Crippen molar-refractivity contribution in [2.75, 3.05) is 19.0 Å². The lowest BCUT2D eigenvalue weighted by Gasteiger charge is -2.21. The van der Waals surface area contributed by atoms with Crippen LogP contribution in [-0.4, -0.2) is 69.5 Å². The number of hydrogen-bond donors (Lipinski definition) is 3. The third-order valence-electron chi connectivity index (χ3n) is 7.65. The normalized spacial score (nSPS) is 13.2. The summed E-state index contributed by atoms with van der Waals surface area (Å²) in [5.41, 5.74) is 2.68. The molecule has 0 heterocycles. The number of carbonyl (C=O) groups is 2. The van der Waals surface area contributed by atoms with Crippen LogP contribution in [0.25, 0.3) is 0 Å². The molecule has 1 aliphatic rings. The fraction of sp³-hybridized carbons (Fsp3) is 0.394. The lowest BCUT2D eigenvalue weighted by atomic mass is 9.79. The first-order valence-electron chi connectivity index (χ1n) is 15.4. The number of sulfone groups is 1. The number of nitrogens with zero attached hydrogens (tertiary/aromatic N) is 1. The molecule has 2 amide bonds. The smallest absolute Gasteiger partial charge is 0.488 e. The molecule has 0 aliphatic heterocycles. The Labute approximate surface area is 272 Å². The van der Waals surface area contributed by atoms with Gasteiger partial charge in [0.1, 0.15) is 12.4 Å². The summed E-state index contributed by atoms with van der Waals surface area (Å²) >= 11 is 0. The third-order valence-corrected chi connectivity index (χ3v) is 11.7. The quantitative estimate of drug-likeness (QED) is 0.203. The van der Waals surface area contributed by atoms with Crippen molar-refractivity contribution in [2.24, 2.45) is 0 Å². The van der Waals surface area contributed by atoms with Crippen LogP contribution >= 0.6 is 0 Å². The largest absolute Gasteiger partial charge is 0.489 e. The monoisotopic (exact) mass is 666 g/mol. The van der Waals surface area contributed by atoms with E-state index in [1.807, 2.05) is 30.3 Å². The van der Waals surface area contributed by atoms with Gasteiger partial charge in [0, 0.05) is 27.2 Å². The predicted octanol–water partition coefficient (Wildman–Crippen LogP) is 4.36. The minimum absolute atomic E-state index is 0.00480. The van der Waals surface area contributed by atoms with Crippen molar-refractivity contribution in [1.29, 1.82) is 0 Å². The summed E-state index contributed by atoms with van der Waals surface area (Å²) in [6.07, 6.45) is 0.959. The van der Waals surface area contributed by atoms with E-state index in [0.29, 0.717) is 48.6 Å². The molecule has 0 radical (unpaired) electrons. The predicted molar refractivity (Wildman–Crippen MR) is 182 cm³/mol. The maximum atomic E-state index is 13.2. The molecule has 10 nitrogen and oxygen atoms in total. The molecular formula is C33H43BN2O8SSi. The van der Waals surface area contributed by atoms with Crippen molar-refractivity contribution in [1.82, 2.24) is 4.90 Å². The number of carbonyl (C=O) groups excluding carboxylic acids is 2. The maximum absolute atomic E-state index is 13.2. The molecule has 4 rings (SSSR count). The van der Waals surface area contributed by atoms with Gasteiger partial charge in [-0.25, -0.2) is 13.2 Å². The highest BCUT2D eigenvalue weighted by Gasteiger charge is 2.38. The first-order chi connectivity index (χ1) is 21.7. The maximum Gasteiger partial charge on any atom is 0.488 e. The molecule has 46 heavy (non-hydrogen) atoms. The molecular weight excluding hydrogens is 623 g/mol. The first-order valence-corrected chi connectivity index (χ1v) is 20.7. The second-order valence-electron chi connectivity index (χ2n) is 12.9. The topological polar surface area (TPSA) is 142 Å². The van der Waals surface area contributed by atoms with Crippen LogP contribution in [0.2, 0.25) is 25.7 Å². The van der Waals surface area contributed by atoms with Crippen LogP contribution in [0.4, 0.5) is 10.5 Å². The Balaban J connectivity index is 1.46. The summed E-state index contributed by atoms with van der Waals surface area (Å²) in [4.78, 5) is 27.3. The lowest BCUT2D eigenvalue weighted by Crippen LogP contribution is -2.30.